The van der Waals surface area contributed by atoms with Gasteiger partial charge in [0.25, 0.3) is 0 Å². The Labute approximate surface area is 173 Å². The van der Waals surface area contributed by atoms with E-state index in [1.807, 2.05) is 48.5 Å². The zero-order valence-corrected chi connectivity index (χ0v) is 17.2. The summed E-state index contributed by atoms with van der Waals surface area (Å²) in [4.78, 5) is 11.5. The SMILES string of the molecule is COC(=O)c1ccc(C=C(CBr)COc2ccc(-c3ccccc3)cc2)cc1. The van der Waals surface area contributed by atoms with Gasteiger partial charge in [-0.1, -0.05) is 76.6 Å². The van der Waals surface area contributed by atoms with Crippen LogP contribution in [-0.4, -0.2) is 25.0 Å². The maximum atomic E-state index is 11.5. The molecule has 3 nitrogen and oxygen atoms in total. The van der Waals surface area contributed by atoms with Gasteiger partial charge >= 0.3 is 5.97 Å². The number of benzene rings is 3. The third-order valence-corrected chi connectivity index (χ3v) is 4.98. The zero-order valence-electron chi connectivity index (χ0n) is 15.6. The Kier molecular flexibility index (Phi) is 7.04. The lowest BCUT2D eigenvalue weighted by Gasteiger charge is -2.09. The minimum Gasteiger partial charge on any atom is -0.489 e. The van der Waals surface area contributed by atoms with Crippen LogP contribution >= 0.6 is 15.9 Å². The van der Waals surface area contributed by atoms with Crippen molar-refractivity contribution in [3.8, 4) is 16.9 Å². The molecule has 0 aromatic heterocycles. The minimum atomic E-state index is -0.335. The fraction of sp³-hybridized carbons (Fsp3) is 0.125. The smallest absolute Gasteiger partial charge is 0.337 e. The highest BCUT2D eigenvalue weighted by molar-refractivity contribution is 9.09. The minimum absolute atomic E-state index is 0.335. The molecule has 0 saturated carbocycles. The monoisotopic (exact) mass is 436 g/mol. The summed E-state index contributed by atoms with van der Waals surface area (Å²) in [6, 6.07) is 25.7. The van der Waals surface area contributed by atoms with Gasteiger partial charge in [-0.15, -0.1) is 0 Å². The van der Waals surface area contributed by atoms with Gasteiger partial charge in [0.15, 0.2) is 0 Å². The number of esters is 1. The normalized spacial score (nSPS) is 11.1. The molecule has 0 heterocycles. The Hall–Kier alpha value is -2.85. The van der Waals surface area contributed by atoms with E-state index in [2.05, 4.69) is 40.2 Å². The second-order valence-electron chi connectivity index (χ2n) is 6.23. The Morgan fingerprint density at radius 3 is 2.14 bits per heavy atom. The molecule has 0 aliphatic carbocycles. The van der Waals surface area contributed by atoms with E-state index in [4.69, 9.17) is 9.47 Å². The Bertz CT molecular complexity index is 930. The number of hydrogen-bond acceptors (Lipinski definition) is 3. The number of hydrogen-bond donors (Lipinski definition) is 0. The first-order valence-electron chi connectivity index (χ1n) is 8.91. The average molecular weight is 437 g/mol. The van der Waals surface area contributed by atoms with Gasteiger partial charge in [-0.25, -0.2) is 4.79 Å². The molecule has 0 N–H and O–H groups in total. The van der Waals surface area contributed by atoms with Crippen molar-refractivity contribution in [1.29, 1.82) is 0 Å². The summed E-state index contributed by atoms with van der Waals surface area (Å²) < 4.78 is 10.6. The lowest BCUT2D eigenvalue weighted by molar-refractivity contribution is 0.0600. The van der Waals surface area contributed by atoms with Crippen molar-refractivity contribution in [3.63, 3.8) is 0 Å². The van der Waals surface area contributed by atoms with Crippen LogP contribution in [-0.2, 0) is 4.74 Å². The van der Waals surface area contributed by atoms with E-state index in [1.54, 1.807) is 12.1 Å². The van der Waals surface area contributed by atoms with E-state index in [0.717, 1.165) is 22.4 Å². The molecule has 0 atom stereocenters. The van der Waals surface area contributed by atoms with Crippen LogP contribution in [0.3, 0.4) is 0 Å². The van der Waals surface area contributed by atoms with Gasteiger partial charge in [-0.3, -0.25) is 0 Å². The molecule has 0 bridgehead atoms. The molecule has 0 fully saturated rings. The first kappa shape index (κ1) is 19.9. The molecule has 0 aliphatic rings. The quantitative estimate of drug-likeness (QED) is 0.336. The summed E-state index contributed by atoms with van der Waals surface area (Å²) in [6.07, 6.45) is 2.05. The zero-order chi connectivity index (χ0) is 19.8. The lowest BCUT2D eigenvalue weighted by Crippen LogP contribution is -2.03. The number of carbonyl (C=O) groups is 1. The van der Waals surface area contributed by atoms with Crippen molar-refractivity contribution in [2.75, 3.05) is 19.0 Å². The molecular formula is C24H21BrO3. The molecule has 3 aromatic rings. The molecular weight excluding hydrogens is 416 g/mol. The van der Waals surface area contributed by atoms with E-state index >= 15 is 0 Å². The van der Waals surface area contributed by atoms with Crippen molar-refractivity contribution in [2.24, 2.45) is 0 Å². The van der Waals surface area contributed by atoms with Gasteiger partial charge in [0.1, 0.15) is 12.4 Å². The number of carbonyl (C=O) groups excluding carboxylic acids is 1. The highest BCUT2D eigenvalue weighted by Crippen LogP contribution is 2.22. The van der Waals surface area contributed by atoms with Gasteiger partial charge in [-0.2, -0.15) is 0 Å². The standard InChI is InChI=1S/C24H21BrO3/c1-27-24(26)22-9-7-18(8-10-22)15-19(16-25)17-28-23-13-11-21(12-14-23)20-5-3-2-4-6-20/h2-15H,16-17H2,1H3. The second kappa shape index (κ2) is 9.90. The maximum absolute atomic E-state index is 11.5. The van der Waals surface area contributed by atoms with Crippen molar-refractivity contribution < 1.29 is 14.3 Å². The molecule has 0 aliphatic heterocycles. The van der Waals surface area contributed by atoms with Crippen LogP contribution in [0, 0.1) is 0 Å². The first-order valence-corrected chi connectivity index (χ1v) is 10.0. The van der Waals surface area contributed by atoms with E-state index in [9.17, 15) is 4.79 Å². The van der Waals surface area contributed by atoms with Crippen molar-refractivity contribution in [2.45, 2.75) is 0 Å². The summed E-state index contributed by atoms with van der Waals surface area (Å²) in [5.41, 5.74) is 4.98. The highest BCUT2D eigenvalue weighted by Gasteiger charge is 2.05. The highest BCUT2D eigenvalue weighted by atomic mass is 79.9. The van der Waals surface area contributed by atoms with Crippen LogP contribution in [0.5, 0.6) is 5.75 Å². The molecule has 28 heavy (non-hydrogen) atoms. The van der Waals surface area contributed by atoms with Gasteiger partial charge in [0, 0.05) is 5.33 Å². The van der Waals surface area contributed by atoms with E-state index < -0.39 is 0 Å². The van der Waals surface area contributed by atoms with Gasteiger partial charge in [0.2, 0.25) is 0 Å². The second-order valence-corrected chi connectivity index (χ2v) is 6.79. The van der Waals surface area contributed by atoms with Crippen LogP contribution in [0.2, 0.25) is 0 Å². The first-order chi connectivity index (χ1) is 13.7. The fourth-order valence-electron chi connectivity index (χ4n) is 2.74. The van der Waals surface area contributed by atoms with Crippen molar-refractivity contribution in [1.82, 2.24) is 0 Å². The van der Waals surface area contributed by atoms with Crippen molar-refractivity contribution >= 4 is 28.0 Å². The topological polar surface area (TPSA) is 35.5 Å². The predicted molar refractivity (Wildman–Crippen MR) is 117 cm³/mol. The number of ether oxygens (including phenoxy) is 2. The Morgan fingerprint density at radius 2 is 1.54 bits per heavy atom. The summed E-state index contributed by atoms with van der Waals surface area (Å²) in [6.45, 7) is 0.481. The van der Waals surface area contributed by atoms with Crippen LogP contribution in [0.4, 0.5) is 0 Å². The molecule has 3 rings (SSSR count). The third-order valence-electron chi connectivity index (χ3n) is 4.26. The summed E-state index contributed by atoms with van der Waals surface area (Å²) in [5, 5.41) is 0.702. The van der Waals surface area contributed by atoms with Crippen LogP contribution in [0.25, 0.3) is 17.2 Å². The van der Waals surface area contributed by atoms with Crippen LogP contribution in [0.15, 0.2) is 84.4 Å². The summed E-state index contributed by atoms with van der Waals surface area (Å²) in [7, 11) is 1.38. The maximum Gasteiger partial charge on any atom is 0.337 e. The molecule has 0 unspecified atom stereocenters. The predicted octanol–water partition coefficient (Wildman–Crippen LogP) is 6.00. The molecule has 0 saturated heterocycles. The molecule has 0 amide bonds. The van der Waals surface area contributed by atoms with Gasteiger partial charge < -0.3 is 9.47 Å². The Morgan fingerprint density at radius 1 is 0.893 bits per heavy atom. The van der Waals surface area contributed by atoms with Crippen molar-refractivity contribution in [3.05, 3.63) is 95.6 Å². The van der Waals surface area contributed by atoms with E-state index in [-0.39, 0.29) is 5.97 Å². The molecule has 0 spiro atoms. The summed E-state index contributed by atoms with van der Waals surface area (Å²) >= 11 is 3.52. The van der Waals surface area contributed by atoms with Gasteiger partial charge in [-0.05, 0) is 46.5 Å². The fourth-order valence-corrected chi connectivity index (χ4v) is 3.06. The van der Waals surface area contributed by atoms with Gasteiger partial charge in [0.05, 0.1) is 12.7 Å². The average Bonchev–Trinajstić information content (AvgIpc) is 2.77. The number of alkyl halides is 1. The molecule has 0 radical (unpaired) electrons. The van der Waals surface area contributed by atoms with E-state index in [1.165, 1.54) is 12.7 Å². The molecule has 3 aromatic carbocycles. The van der Waals surface area contributed by atoms with Crippen LogP contribution < -0.4 is 4.74 Å². The Balaban J connectivity index is 1.63. The third kappa shape index (κ3) is 5.33. The molecule has 142 valence electrons. The number of halogens is 1. The van der Waals surface area contributed by atoms with Crippen LogP contribution in [0.1, 0.15) is 15.9 Å². The number of rotatable bonds is 7. The summed E-state index contributed by atoms with van der Waals surface area (Å²) in [5.74, 6) is 0.492. The lowest BCUT2D eigenvalue weighted by atomic mass is 10.1. The largest absolute Gasteiger partial charge is 0.489 e. The number of methoxy groups -OCH3 is 1. The molecule has 4 heteroatoms. The van der Waals surface area contributed by atoms with E-state index in [0.29, 0.717) is 17.5 Å².